The lowest BCUT2D eigenvalue weighted by atomic mass is 10.0. The molecule has 11 heteroatoms. The van der Waals surface area contributed by atoms with Gasteiger partial charge in [0.1, 0.15) is 11.5 Å². The predicted molar refractivity (Wildman–Crippen MR) is 133 cm³/mol. The molecule has 0 saturated heterocycles. The summed E-state index contributed by atoms with van der Waals surface area (Å²) in [5, 5.41) is 3.78. The van der Waals surface area contributed by atoms with Crippen LogP contribution in [0.3, 0.4) is 0 Å². The first-order valence-electron chi connectivity index (χ1n) is 12.6. The second-order valence-corrected chi connectivity index (χ2v) is 9.92. The van der Waals surface area contributed by atoms with Crippen molar-refractivity contribution in [3.8, 4) is 0 Å². The Kier molecular flexibility index (Phi) is 6.74. The number of ketones is 1. The molecule has 1 N–H and O–H groups in total. The van der Waals surface area contributed by atoms with Crippen molar-refractivity contribution in [3.05, 3.63) is 51.1 Å². The highest BCUT2D eigenvalue weighted by atomic mass is 19.4. The highest BCUT2D eigenvalue weighted by Crippen LogP contribution is 2.32. The van der Waals surface area contributed by atoms with Crippen LogP contribution in [0.25, 0.3) is 11.0 Å². The molecular formula is C26H29F3N6O2. The highest BCUT2D eigenvalue weighted by molar-refractivity contribution is 5.99. The molecule has 2 aliphatic rings. The van der Waals surface area contributed by atoms with Gasteiger partial charge in [0, 0.05) is 49.4 Å². The van der Waals surface area contributed by atoms with E-state index in [1.165, 1.54) is 6.92 Å². The summed E-state index contributed by atoms with van der Waals surface area (Å²) in [6.45, 7) is 4.07. The fourth-order valence-electron chi connectivity index (χ4n) is 5.44. The van der Waals surface area contributed by atoms with Gasteiger partial charge in [0.2, 0.25) is 5.95 Å². The summed E-state index contributed by atoms with van der Waals surface area (Å²) in [7, 11) is 0. The van der Waals surface area contributed by atoms with Gasteiger partial charge in [-0.2, -0.15) is 18.2 Å². The average molecular weight is 515 g/mol. The van der Waals surface area contributed by atoms with E-state index in [1.807, 2.05) is 6.07 Å². The summed E-state index contributed by atoms with van der Waals surface area (Å²) in [5.74, 6) is 0.533. The molecule has 0 atom stereocenters. The number of carbonyl (C=O) groups excluding carboxylic acids is 1. The number of hydrogen-bond donors (Lipinski definition) is 1. The molecule has 3 aromatic heterocycles. The first kappa shape index (κ1) is 25.3. The van der Waals surface area contributed by atoms with Crippen molar-refractivity contribution >= 4 is 28.6 Å². The molecule has 0 aromatic carbocycles. The maximum atomic E-state index is 13.4. The zero-order valence-corrected chi connectivity index (χ0v) is 20.9. The van der Waals surface area contributed by atoms with Crippen LogP contribution in [0.1, 0.15) is 72.2 Å². The van der Waals surface area contributed by atoms with Crippen LogP contribution in [0.5, 0.6) is 0 Å². The van der Waals surface area contributed by atoms with E-state index in [1.54, 1.807) is 28.7 Å². The molecule has 0 amide bonds. The maximum Gasteiger partial charge on any atom is 0.390 e. The number of fused-ring (bicyclic) bond motifs is 2. The molecule has 0 bridgehead atoms. The monoisotopic (exact) mass is 514 g/mol. The van der Waals surface area contributed by atoms with Gasteiger partial charge in [-0.1, -0.05) is 18.9 Å². The second-order valence-electron chi connectivity index (χ2n) is 9.92. The van der Waals surface area contributed by atoms with Crippen LogP contribution in [0, 0.1) is 6.92 Å². The summed E-state index contributed by atoms with van der Waals surface area (Å²) >= 11 is 0. The average Bonchev–Trinajstić information content (AvgIpc) is 3.36. The van der Waals surface area contributed by atoms with E-state index in [0.717, 1.165) is 36.9 Å². The first-order chi connectivity index (χ1) is 17.6. The molecule has 0 unspecified atom stereocenters. The van der Waals surface area contributed by atoms with Gasteiger partial charge in [-0.15, -0.1) is 0 Å². The minimum absolute atomic E-state index is 0.0152. The zero-order chi connectivity index (χ0) is 26.3. The van der Waals surface area contributed by atoms with Crippen LogP contribution in [0.4, 0.5) is 24.9 Å². The Morgan fingerprint density at radius 1 is 1.19 bits per heavy atom. The third-order valence-corrected chi connectivity index (χ3v) is 7.33. The molecule has 0 spiro atoms. The van der Waals surface area contributed by atoms with Crippen molar-refractivity contribution in [2.45, 2.75) is 71.1 Å². The summed E-state index contributed by atoms with van der Waals surface area (Å²) in [4.78, 5) is 41.2. The Balaban J connectivity index is 1.43. The highest BCUT2D eigenvalue weighted by Gasteiger charge is 2.29. The molecule has 37 heavy (non-hydrogen) atoms. The van der Waals surface area contributed by atoms with Crippen LogP contribution < -0.4 is 10.9 Å². The van der Waals surface area contributed by atoms with E-state index in [2.05, 4.69) is 20.3 Å². The summed E-state index contributed by atoms with van der Waals surface area (Å²) < 4.78 is 39.4. The number of pyridine rings is 2. The number of hydrogen-bond acceptors (Lipinski definition) is 7. The molecule has 196 valence electrons. The van der Waals surface area contributed by atoms with Gasteiger partial charge < -0.3 is 5.32 Å². The molecule has 5 rings (SSSR count). The number of nitrogens with one attached hydrogen (secondary N) is 1. The molecule has 1 saturated carbocycles. The van der Waals surface area contributed by atoms with E-state index in [9.17, 15) is 22.8 Å². The number of rotatable bonds is 6. The predicted octanol–water partition coefficient (Wildman–Crippen LogP) is 4.87. The number of carbonyl (C=O) groups is 1. The van der Waals surface area contributed by atoms with E-state index >= 15 is 0 Å². The Bertz CT molecular complexity index is 1410. The maximum absolute atomic E-state index is 13.4. The summed E-state index contributed by atoms with van der Waals surface area (Å²) in [6.07, 6.45) is 0.942. The van der Waals surface area contributed by atoms with Crippen LogP contribution in [-0.4, -0.2) is 49.5 Å². The van der Waals surface area contributed by atoms with Crippen LogP contribution in [0.15, 0.2) is 23.1 Å². The van der Waals surface area contributed by atoms with Gasteiger partial charge in [-0.25, -0.2) is 9.97 Å². The standard InChI is InChI=1S/C26H29F3N6O2/c1-15-19-13-30-25(33-23(19)35(18-5-3-4-6-18)24(37)22(15)16(2)36)32-21-8-7-17-14-34(11-9-20(17)31-21)12-10-26(27,28)29/h7-8,13,18H,3-6,9-12,14H2,1-2H3,(H,30,31,32,33). The van der Waals surface area contributed by atoms with Gasteiger partial charge in [0.15, 0.2) is 5.78 Å². The summed E-state index contributed by atoms with van der Waals surface area (Å²) in [6, 6.07) is 3.61. The van der Waals surface area contributed by atoms with Gasteiger partial charge in [-0.3, -0.25) is 19.1 Å². The van der Waals surface area contributed by atoms with Crippen LogP contribution in [-0.2, 0) is 13.0 Å². The minimum atomic E-state index is -4.17. The van der Waals surface area contributed by atoms with Crippen molar-refractivity contribution in [2.75, 3.05) is 18.4 Å². The third kappa shape index (κ3) is 5.22. The van der Waals surface area contributed by atoms with Crippen LogP contribution in [0.2, 0.25) is 0 Å². The number of alkyl halides is 3. The van der Waals surface area contributed by atoms with E-state index in [0.29, 0.717) is 41.9 Å². The summed E-state index contributed by atoms with van der Waals surface area (Å²) in [5.41, 5.74) is 2.69. The Labute approximate surface area is 211 Å². The molecule has 4 heterocycles. The lowest BCUT2D eigenvalue weighted by molar-refractivity contribution is -0.138. The number of halogens is 3. The lowest BCUT2D eigenvalue weighted by Gasteiger charge is -2.28. The molecule has 8 nitrogen and oxygen atoms in total. The number of aryl methyl sites for hydroxylation is 1. The van der Waals surface area contributed by atoms with Crippen molar-refractivity contribution in [1.82, 2.24) is 24.4 Å². The van der Waals surface area contributed by atoms with Gasteiger partial charge in [0.05, 0.1) is 12.0 Å². The van der Waals surface area contributed by atoms with Gasteiger partial charge in [0.25, 0.3) is 5.56 Å². The van der Waals surface area contributed by atoms with Crippen molar-refractivity contribution in [3.63, 3.8) is 0 Å². The second kappa shape index (κ2) is 9.85. The Morgan fingerprint density at radius 3 is 2.65 bits per heavy atom. The van der Waals surface area contributed by atoms with E-state index < -0.39 is 12.6 Å². The van der Waals surface area contributed by atoms with Crippen molar-refractivity contribution in [2.24, 2.45) is 0 Å². The van der Waals surface area contributed by atoms with Crippen molar-refractivity contribution < 1.29 is 18.0 Å². The Morgan fingerprint density at radius 2 is 1.95 bits per heavy atom. The van der Waals surface area contributed by atoms with Gasteiger partial charge >= 0.3 is 6.18 Å². The van der Waals surface area contributed by atoms with Crippen LogP contribution >= 0.6 is 0 Å². The molecule has 1 aliphatic carbocycles. The topological polar surface area (TPSA) is 93.0 Å². The third-order valence-electron chi connectivity index (χ3n) is 7.33. The lowest BCUT2D eigenvalue weighted by Crippen LogP contribution is -2.34. The quantitative estimate of drug-likeness (QED) is 0.469. The van der Waals surface area contributed by atoms with E-state index in [-0.39, 0.29) is 35.4 Å². The fraction of sp³-hybridized carbons (Fsp3) is 0.500. The molecule has 1 fully saturated rings. The SMILES string of the molecule is CC(=O)c1c(C)c2cnc(Nc3ccc4c(n3)CCN(CCC(F)(F)F)C4)nc2n(C2CCCC2)c1=O. The normalized spacial score (nSPS) is 16.8. The Hall–Kier alpha value is -3.34. The van der Waals surface area contributed by atoms with Gasteiger partial charge in [-0.05, 0) is 43.9 Å². The first-order valence-corrected chi connectivity index (χ1v) is 12.6. The number of nitrogens with zero attached hydrogens (tertiary/aromatic N) is 5. The van der Waals surface area contributed by atoms with Crippen molar-refractivity contribution in [1.29, 1.82) is 0 Å². The number of aromatic nitrogens is 4. The molecule has 0 radical (unpaired) electrons. The smallest absolute Gasteiger partial charge is 0.309 e. The number of anilines is 2. The molecule has 1 aliphatic heterocycles. The largest absolute Gasteiger partial charge is 0.390 e. The zero-order valence-electron chi connectivity index (χ0n) is 20.9. The van der Waals surface area contributed by atoms with E-state index in [4.69, 9.17) is 0 Å². The fourth-order valence-corrected chi connectivity index (χ4v) is 5.44. The number of Topliss-reactive ketones (excluding diaryl/α,β-unsaturated/α-hetero) is 1. The molecule has 3 aromatic rings. The molecular weight excluding hydrogens is 485 g/mol. The minimum Gasteiger partial charge on any atom is -0.309 e.